The minimum absolute atomic E-state index is 0.122. The molecule has 0 aromatic heterocycles. The Morgan fingerprint density at radius 3 is 2.17 bits per heavy atom. The number of nitrogens with zero attached hydrogens (tertiary/aromatic N) is 1. The molecule has 1 N–H and O–H groups in total. The summed E-state index contributed by atoms with van der Waals surface area (Å²) in [6.07, 6.45) is 4.88. The molecular formula is C27H27BrN2O5. The number of halogens is 1. The van der Waals surface area contributed by atoms with E-state index in [1.54, 1.807) is 0 Å². The number of hydrogen-bond acceptors (Lipinski definition) is 5. The molecule has 0 saturated carbocycles. The second kappa shape index (κ2) is 10.6. The number of allylic oxidation sites excluding steroid dienone is 2. The van der Waals surface area contributed by atoms with Gasteiger partial charge in [-0.25, -0.2) is 4.79 Å². The quantitative estimate of drug-likeness (QED) is 0.325. The lowest BCUT2D eigenvalue weighted by atomic mass is 9.85. The number of fused-ring (bicyclic) bond motifs is 1. The van der Waals surface area contributed by atoms with Crippen molar-refractivity contribution >= 4 is 45.3 Å². The first kappa shape index (κ1) is 24.9. The molecule has 0 bridgehead atoms. The van der Waals surface area contributed by atoms with Gasteiger partial charge in [0.2, 0.25) is 11.8 Å². The summed E-state index contributed by atoms with van der Waals surface area (Å²) in [5, 5.41) is 2.73. The minimum Gasteiger partial charge on any atom is -0.454 e. The number of benzene rings is 2. The SMILES string of the molecule is Cc1cc(NC(=O)COC(=O)[C@H](Cc2ccccc2)N2C(=O)[C@H]3CC=CC[C@@H]3C2=O)cc(C)c1Br. The molecule has 4 rings (SSSR count). The number of carbonyl (C=O) groups is 4. The molecule has 2 aromatic rings. The van der Waals surface area contributed by atoms with E-state index in [1.807, 2.05) is 68.5 Å². The smallest absolute Gasteiger partial charge is 0.330 e. The Morgan fingerprint density at radius 2 is 1.60 bits per heavy atom. The zero-order chi connectivity index (χ0) is 25.1. The fourth-order valence-corrected chi connectivity index (χ4v) is 4.93. The van der Waals surface area contributed by atoms with E-state index in [2.05, 4.69) is 21.2 Å². The summed E-state index contributed by atoms with van der Waals surface area (Å²) in [4.78, 5) is 53.0. The molecule has 182 valence electrons. The number of nitrogens with one attached hydrogen (secondary N) is 1. The van der Waals surface area contributed by atoms with Gasteiger partial charge in [-0.2, -0.15) is 0 Å². The number of ether oxygens (including phenoxy) is 1. The van der Waals surface area contributed by atoms with Crippen molar-refractivity contribution in [3.8, 4) is 0 Å². The Morgan fingerprint density at radius 1 is 1.03 bits per heavy atom. The van der Waals surface area contributed by atoms with Gasteiger partial charge in [-0.15, -0.1) is 0 Å². The highest BCUT2D eigenvalue weighted by Crippen LogP contribution is 2.36. The molecule has 1 heterocycles. The van der Waals surface area contributed by atoms with Gasteiger partial charge in [-0.3, -0.25) is 19.3 Å². The van der Waals surface area contributed by atoms with Crippen LogP contribution in [-0.2, 0) is 30.3 Å². The number of hydrogen-bond donors (Lipinski definition) is 1. The predicted molar refractivity (Wildman–Crippen MR) is 134 cm³/mol. The Hall–Kier alpha value is -3.26. The van der Waals surface area contributed by atoms with Crippen LogP contribution < -0.4 is 5.32 Å². The van der Waals surface area contributed by atoms with E-state index >= 15 is 0 Å². The molecule has 1 saturated heterocycles. The fraction of sp³-hybridized carbons (Fsp3) is 0.333. The molecule has 1 aliphatic heterocycles. The maximum absolute atomic E-state index is 13.2. The van der Waals surface area contributed by atoms with Crippen LogP contribution in [0.4, 0.5) is 5.69 Å². The van der Waals surface area contributed by atoms with Gasteiger partial charge in [0.15, 0.2) is 6.61 Å². The van der Waals surface area contributed by atoms with E-state index in [0.717, 1.165) is 26.1 Å². The van der Waals surface area contributed by atoms with Gasteiger partial charge < -0.3 is 10.1 Å². The van der Waals surface area contributed by atoms with E-state index in [4.69, 9.17) is 4.74 Å². The number of rotatable bonds is 7. The number of esters is 1. The van der Waals surface area contributed by atoms with Crippen molar-refractivity contribution in [1.82, 2.24) is 4.90 Å². The highest BCUT2D eigenvalue weighted by molar-refractivity contribution is 9.10. The maximum Gasteiger partial charge on any atom is 0.330 e. The largest absolute Gasteiger partial charge is 0.454 e. The first-order valence-corrected chi connectivity index (χ1v) is 12.3. The van der Waals surface area contributed by atoms with Crippen LogP contribution in [0.1, 0.15) is 29.5 Å². The summed E-state index contributed by atoms with van der Waals surface area (Å²) in [6, 6.07) is 11.6. The zero-order valence-electron chi connectivity index (χ0n) is 19.6. The van der Waals surface area contributed by atoms with Gasteiger partial charge in [0.1, 0.15) is 6.04 Å². The zero-order valence-corrected chi connectivity index (χ0v) is 21.2. The maximum atomic E-state index is 13.2. The standard InChI is InChI=1S/C27H27BrN2O5/c1-16-12-19(13-17(2)24(16)28)29-23(31)15-35-27(34)22(14-18-8-4-3-5-9-18)30-25(32)20-10-6-7-11-21(20)26(30)33/h3-9,12-13,20-22H,10-11,14-15H2,1-2H3,(H,29,31)/t20-,21-,22-/m0/s1. The topological polar surface area (TPSA) is 92.8 Å². The monoisotopic (exact) mass is 538 g/mol. The summed E-state index contributed by atoms with van der Waals surface area (Å²) in [5.74, 6) is -2.90. The average Bonchev–Trinajstić information content (AvgIpc) is 3.10. The fourth-order valence-electron chi connectivity index (χ4n) is 4.70. The molecular weight excluding hydrogens is 512 g/mol. The molecule has 35 heavy (non-hydrogen) atoms. The first-order chi connectivity index (χ1) is 16.8. The second-order valence-electron chi connectivity index (χ2n) is 8.99. The van der Waals surface area contributed by atoms with E-state index in [0.29, 0.717) is 18.5 Å². The van der Waals surface area contributed by atoms with Crippen LogP contribution in [0.25, 0.3) is 0 Å². The van der Waals surface area contributed by atoms with E-state index in [-0.39, 0.29) is 18.2 Å². The summed E-state index contributed by atoms with van der Waals surface area (Å²) in [7, 11) is 0. The van der Waals surface area contributed by atoms with E-state index in [9.17, 15) is 19.2 Å². The average molecular weight is 539 g/mol. The van der Waals surface area contributed by atoms with Crippen LogP contribution in [0.15, 0.2) is 59.1 Å². The molecule has 1 aliphatic carbocycles. The first-order valence-electron chi connectivity index (χ1n) is 11.6. The van der Waals surface area contributed by atoms with Crippen LogP contribution in [0.3, 0.4) is 0 Å². The van der Waals surface area contributed by atoms with Crippen molar-refractivity contribution < 1.29 is 23.9 Å². The van der Waals surface area contributed by atoms with Crippen LogP contribution in [-0.4, -0.2) is 41.2 Å². The highest BCUT2D eigenvalue weighted by Gasteiger charge is 2.51. The summed E-state index contributed by atoms with van der Waals surface area (Å²) < 4.78 is 6.29. The predicted octanol–water partition coefficient (Wildman–Crippen LogP) is 4.11. The number of carbonyl (C=O) groups excluding carboxylic acids is 4. The van der Waals surface area contributed by atoms with Crippen molar-refractivity contribution in [3.05, 3.63) is 75.8 Å². The van der Waals surface area contributed by atoms with Gasteiger partial charge in [-0.1, -0.05) is 58.4 Å². The minimum atomic E-state index is -1.13. The lowest BCUT2D eigenvalue weighted by Crippen LogP contribution is -2.48. The number of anilines is 1. The molecule has 2 aromatic carbocycles. The molecule has 3 amide bonds. The lowest BCUT2D eigenvalue weighted by Gasteiger charge is -2.25. The molecule has 3 atom stereocenters. The van der Waals surface area contributed by atoms with E-state index < -0.39 is 36.4 Å². The lowest BCUT2D eigenvalue weighted by molar-refractivity contribution is -0.159. The third-order valence-corrected chi connectivity index (χ3v) is 7.71. The summed E-state index contributed by atoms with van der Waals surface area (Å²) in [6.45, 7) is 3.30. The number of imide groups is 1. The Bertz CT molecular complexity index is 1140. The van der Waals surface area contributed by atoms with Crippen molar-refractivity contribution in [2.45, 2.75) is 39.2 Å². The Balaban J connectivity index is 1.48. The normalized spacial score (nSPS) is 19.9. The van der Waals surface area contributed by atoms with Crippen molar-refractivity contribution in [2.75, 3.05) is 11.9 Å². The molecule has 0 radical (unpaired) electrons. The van der Waals surface area contributed by atoms with Gasteiger partial charge >= 0.3 is 5.97 Å². The van der Waals surface area contributed by atoms with Gasteiger partial charge in [0.25, 0.3) is 5.91 Å². The van der Waals surface area contributed by atoms with Gasteiger partial charge in [0.05, 0.1) is 11.8 Å². The molecule has 1 fully saturated rings. The summed E-state index contributed by atoms with van der Waals surface area (Å²) >= 11 is 3.49. The van der Waals surface area contributed by atoms with E-state index in [1.165, 1.54) is 0 Å². The van der Waals surface area contributed by atoms with Gasteiger partial charge in [0, 0.05) is 16.6 Å². The molecule has 0 unspecified atom stereocenters. The van der Waals surface area contributed by atoms with Crippen LogP contribution in [0.5, 0.6) is 0 Å². The number of likely N-dealkylation sites (tertiary alicyclic amines) is 1. The molecule has 2 aliphatic rings. The van der Waals surface area contributed by atoms with Crippen LogP contribution in [0, 0.1) is 25.7 Å². The Kier molecular flexibility index (Phi) is 7.50. The van der Waals surface area contributed by atoms with Gasteiger partial charge in [-0.05, 0) is 55.5 Å². The third kappa shape index (κ3) is 5.37. The number of amides is 3. The Labute approximate surface area is 212 Å². The molecule has 7 nitrogen and oxygen atoms in total. The van der Waals surface area contributed by atoms with Crippen molar-refractivity contribution in [2.24, 2.45) is 11.8 Å². The van der Waals surface area contributed by atoms with Crippen molar-refractivity contribution in [3.63, 3.8) is 0 Å². The number of aryl methyl sites for hydroxylation is 2. The molecule has 8 heteroatoms. The van der Waals surface area contributed by atoms with Crippen molar-refractivity contribution in [1.29, 1.82) is 0 Å². The third-order valence-electron chi connectivity index (χ3n) is 6.46. The van der Waals surface area contributed by atoms with Crippen LogP contribution >= 0.6 is 15.9 Å². The second-order valence-corrected chi connectivity index (χ2v) is 9.78. The summed E-state index contributed by atoms with van der Waals surface area (Å²) in [5.41, 5.74) is 3.30. The molecule has 0 spiro atoms. The van der Waals surface area contributed by atoms with Crippen LogP contribution in [0.2, 0.25) is 0 Å². The highest BCUT2D eigenvalue weighted by atomic mass is 79.9.